The summed E-state index contributed by atoms with van der Waals surface area (Å²) in [6, 6.07) is 12.6. The van der Waals surface area contributed by atoms with Crippen LogP contribution in [0.25, 0.3) is 21.8 Å². The first-order valence-corrected chi connectivity index (χ1v) is 4.45. The fourth-order valence-electron chi connectivity index (χ4n) is 1.75. The molecule has 1 radical (unpaired) electrons. The van der Waals surface area contributed by atoms with Crippen LogP contribution in [0.4, 0.5) is 4.39 Å². The molecule has 0 saturated carbocycles. The standard InChI is InChI=1S/C12H7FN.CH3.Sc/c13-8-5-6-10-9-3-1-2-4-11(9)14-12(10)7-8;;/h1-7H;1H3;/q2*-1;. The molecular weight excluding hydrogens is 234 g/mol. The van der Waals surface area contributed by atoms with Crippen molar-refractivity contribution in [2.24, 2.45) is 0 Å². The maximum atomic E-state index is 12.9. The van der Waals surface area contributed by atoms with Gasteiger partial charge in [-0.2, -0.15) is 0 Å². The van der Waals surface area contributed by atoms with Crippen LogP contribution in [0.2, 0.25) is 0 Å². The van der Waals surface area contributed by atoms with Crippen molar-refractivity contribution in [1.29, 1.82) is 0 Å². The predicted octanol–water partition coefficient (Wildman–Crippen LogP) is 3.54. The van der Waals surface area contributed by atoms with E-state index in [9.17, 15) is 4.39 Å². The van der Waals surface area contributed by atoms with Gasteiger partial charge in [0.25, 0.3) is 0 Å². The number of halogens is 1. The van der Waals surface area contributed by atoms with Gasteiger partial charge in [0.2, 0.25) is 0 Å². The Morgan fingerprint density at radius 1 is 0.875 bits per heavy atom. The van der Waals surface area contributed by atoms with Crippen LogP contribution in [-0.2, 0) is 25.8 Å². The van der Waals surface area contributed by atoms with Crippen molar-refractivity contribution >= 4 is 21.8 Å². The molecule has 1 aromatic heterocycles. The van der Waals surface area contributed by atoms with Gasteiger partial charge in [-0.3, -0.25) is 0 Å². The van der Waals surface area contributed by atoms with Gasteiger partial charge in [0, 0.05) is 25.8 Å². The van der Waals surface area contributed by atoms with Crippen LogP contribution in [0, 0.1) is 13.2 Å². The van der Waals surface area contributed by atoms with Crippen molar-refractivity contribution in [1.82, 2.24) is 4.98 Å². The molecule has 1 nitrogen and oxygen atoms in total. The van der Waals surface area contributed by atoms with Crippen LogP contribution < -0.4 is 4.98 Å². The van der Waals surface area contributed by atoms with Gasteiger partial charge in [0.05, 0.1) is 0 Å². The molecule has 0 aliphatic carbocycles. The number of aromatic nitrogens is 1. The summed E-state index contributed by atoms with van der Waals surface area (Å²) in [5, 5.41) is 2.10. The van der Waals surface area contributed by atoms with Gasteiger partial charge in [0.15, 0.2) is 0 Å². The zero-order valence-electron chi connectivity index (χ0n) is 8.94. The second-order valence-corrected chi connectivity index (χ2v) is 3.29. The van der Waals surface area contributed by atoms with E-state index in [1.807, 2.05) is 24.3 Å². The van der Waals surface area contributed by atoms with E-state index in [4.69, 9.17) is 0 Å². The Labute approximate surface area is 112 Å². The average molecular weight is 244 g/mol. The summed E-state index contributed by atoms with van der Waals surface area (Å²) in [6.45, 7) is 0. The summed E-state index contributed by atoms with van der Waals surface area (Å²) in [6.07, 6.45) is 0. The van der Waals surface area contributed by atoms with E-state index >= 15 is 0 Å². The normalized spacial score (nSPS) is 9.81. The van der Waals surface area contributed by atoms with Gasteiger partial charge in [-0.1, -0.05) is 30.3 Å². The molecule has 3 rings (SSSR count). The zero-order chi connectivity index (χ0) is 9.54. The molecule has 0 atom stereocenters. The first kappa shape index (κ1) is 13.1. The van der Waals surface area contributed by atoms with Crippen LogP contribution in [0.3, 0.4) is 0 Å². The third-order valence-corrected chi connectivity index (χ3v) is 2.39. The number of hydrogen-bond donors (Lipinski definition) is 0. The molecule has 0 N–H and O–H groups in total. The monoisotopic (exact) mass is 244 g/mol. The van der Waals surface area contributed by atoms with Crippen LogP contribution in [0.15, 0.2) is 42.5 Å². The Kier molecular flexibility index (Phi) is 4.03. The minimum absolute atomic E-state index is 0. The first-order chi connectivity index (χ1) is 6.84. The first-order valence-electron chi connectivity index (χ1n) is 4.45. The average Bonchev–Trinajstić information content (AvgIpc) is 2.54. The van der Waals surface area contributed by atoms with Crippen LogP contribution in [0.5, 0.6) is 0 Å². The number of nitrogens with zero attached hydrogens (tertiary/aromatic N) is 1. The van der Waals surface area contributed by atoms with E-state index in [0.717, 1.165) is 21.8 Å². The van der Waals surface area contributed by atoms with Gasteiger partial charge < -0.3 is 12.4 Å². The summed E-state index contributed by atoms with van der Waals surface area (Å²) in [4.78, 5) is 4.34. The fourth-order valence-corrected chi connectivity index (χ4v) is 1.75. The largest absolute Gasteiger partial charge is 0.657 e. The SMILES string of the molecule is Fc1ccc2c(c1)[n-]c1ccccc12.[CH3-].[Sc]. The van der Waals surface area contributed by atoms with E-state index in [1.165, 1.54) is 12.1 Å². The number of rotatable bonds is 0. The smallest absolute Gasteiger partial charge is 0.122 e. The van der Waals surface area contributed by atoms with E-state index in [1.54, 1.807) is 6.07 Å². The Morgan fingerprint density at radius 2 is 1.56 bits per heavy atom. The molecule has 16 heavy (non-hydrogen) atoms. The Morgan fingerprint density at radius 3 is 2.38 bits per heavy atom. The van der Waals surface area contributed by atoms with Crippen LogP contribution in [0.1, 0.15) is 0 Å². The molecule has 0 bridgehead atoms. The molecule has 1 heterocycles. The van der Waals surface area contributed by atoms with Crippen molar-refractivity contribution < 1.29 is 30.2 Å². The molecule has 3 heteroatoms. The van der Waals surface area contributed by atoms with Gasteiger partial charge in [-0.15, -0.1) is 11.0 Å². The Balaban J connectivity index is 0.000000640. The minimum atomic E-state index is -0.236. The summed E-state index contributed by atoms with van der Waals surface area (Å²) in [7, 11) is 0. The number of hydrogen-bond acceptors (Lipinski definition) is 0. The van der Waals surface area contributed by atoms with Crippen molar-refractivity contribution in [2.45, 2.75) is 0 Å². The molecule has 0 aliphatic heterocycles. The number of fused-ring (bicyclic) bond motifs is 3. The van der Waals surface area contributed by atoms with E-state index in [2.05, 4.69) is 4.98 Å². The summed E-state index contributed by atoms with van der Waals surface area (Å²) < 4.78 is 12.9. The predicted molar refractivity (Wildman–Crippen MR) is 61.1 cm³/mol. The van der Waals surface area contributed by atoms with E-state index in [-0.39, 0.29) is 39.1 Å². The van der Waals surface area contributed by atoms with Gasteiger partial charge in [-0.05, 0) is 22.9 Å². The van der Waals surface area contributed by atoms with Crippen molar-refractivity contribution in [3.8, 4) is 0 Å². The molecule has 79 valence electrons. The third-order valence-electron chi connectivity index (χ3n) is 2.39. The van der Waals surface area contributed by atoms with Gasteiger partial charge >= 0.3 is 0 Å². The van der Waals surface area contributed by atoms with Crippen molar-refractivity contribution in [2.75, 3.05) is 0 Å². The third kappa shape index (κ3) is 1.96. The number of benzene rings is 2. The molecule has 0 aliphatic rings. The van der Waals surface area contributed by atoms with E-state index < -0.39 is 0 Å². The Bertz CT molecular complexity index is 615. The van der Waals surface area contributed by atoms with Gasteiger partial charge in [-0.25, -0.2) is 4.39 Å². The maximum Gasteiger partial charge on any atom is 0.122 e. The maximum absolute atomic E-state index is 12.9. The van der Waals surface area contributed by atoms with E-state index in [0.29, 0.717) is 0 Å². The second kappa shape index (κ2) is 4.91. The van der Waals surface area contributed by atoms with Crippen LogP contribution in [-0.4, -0.2) is 0 Å². The quantitative estimate of drug-likeness (QED) is 0.552. The van der Waals surface area contributed by atoms with Gasteiger partial charge in [0.1, 0.15) is 5.82 Å². The molecule has 0 spiro atoms. The zero-order valence-corrected chi connectivity index (χ0v) is 10.7. The van der Waals surface area contributed by atoms with Crippen molar-refractivity contribution in [3.05, 3.63) is 55.7 Å². The summed E-state index contributed by atoms with van der Waals surface area (Å²) >= 11 is 0. The van der Waals surface area contributed by atoms with Crippen molar-refractivity contribution in [3.63, 3.8) is 0 Å². The topological polar surface area (TPSA) is 14.1 Å². The molecule has 3 aromatic rings. The molecule has 0 fully saturated rings. The minimum Gasteiger partial charge on any atom is -0.657 e. The second-order valence-electron chi connectivity index (χ2n) is 3.29. The molecule has 0 saturated heterocycles. The summed E-state index contributed by atoms with van der Waals surface area (Å²) in [5.74, 6) is -0.236. The van der Waals surface area contributed by atoms with Crippen LogP contribution >= 0.6 is 0 Å². The fraction of sp³-hybridized carbons (Fsp3) is 0. The number of para-hydroxylation sites is 1. The molecule has 0 unspecified atom stereocenters. The summed E-state index contributed by atoms with van der Waals surface area (Å²) in [5.41, 5.74) is 1.65. The Hall–Kier alpha value is -0.960. The molecule has 0 amide bonds. The molecule has 2 aromatic carbocycles. The molecular formula is C13H10FNSc-2.